The van der Waals surface area contributed by atoms with Crippen molar-refractivity contribution in [3.63, 3.8) is 0 Å². The predicted octanol–water partition coefficient (Wildman–Crippen LogP) is -0.584. The molecule has 0 spiro atoms. The van der Waals surface area contributed by atoms with Crippen molar-refractivity contribution in [2.24, 2.45) is 0 Å². The Morgan fingerprint density at radius 1 is 1.75 bits per heavy atom. The summed E-state index contributed by atoms with van der Waals surface area (Å²) in [5.41, 5.74) is 0.167. The van der Waals surface area contributed by atoms with Crippen LogP contribution in [0.15, 0.2) is 12.4 Å². The van der Waals surface area contributed by atoms with Gasteiger partial charge in [-0.1, -0.05) is 0 Å². The van der Waals surface area contributed by atoms with E-state index in [1.54, 1.807) is 10.8 Å². The fourth-order valence-electron chi connectivity index (χ4n) is 0.906. The van der Waals surface area contributed by atoms with E-state index in [1.807, 2.05) is 6.92 Å². The molecule has 1 atom stereocenters. The smallest absolute Gasteiger partial charge is 0.154 e. The van der Waals surface area contributed by atoms with E-state index >= 15 is 0 Å². The van der Waals surface area contributed by atoms with Gasteiger partial charge in [0, 0.05) is 70.3 Å². The van der Waals surface area contributed by atoms with E-state index in [-0.39, 0.29) is 57.0 Å². The van der Waals surface area contributed by atoms with Gasteiger partial charge in [-0.15, -0.1) is 0 Å². The molecule has 0 saturated heterocycles. The second-order valence-electron chi connectivity index (χ2n) is 2.36. The quantitative estimate of drug-likeness (QED) is 0.486. The minimum Gasteiger partial charge on any atom is -0.794 e. The molecule has 0 fully saturated rings. The van der Waals surface area contributed by atoms with Crippen LogP contribution in [0.3, 0.4) is 0 Å². The third-order valence-electron chi connectivity index (χ3n) is 1.40. The van der Waals surface area contributed by atoms with Gasteiger partial charge in [0.2, 0.25) is 0 Å². The summed E-state index contributed by atoms with van der Waals surface area (Å²) in [4.78, 5) is 14.8. The first kappa shape index (κ1) is 13.0. The molecule has 0 aliphatic rings. The number of rotatable bonds is 2. The molecule has 6 heteroatoms. The fourth-order valence-corrected chi connectivity index (χ4v) is 1.86. The largest absolute Gasteiger partial charge is 0.794 e. The monoisotopic (exact) mass is 212 g/mol. The first-order chi connectivity index (χ1) is 5.05. The summed E-state index contributed by atoms with van der Waals surface area (Å²) >= 11 is 0. The number of hydrogen-bond acceptors (Lipinski definition) is 3. The summed E-state index contributed by atoms with van der Waals surface area (Å²) in [6.45, 7) is 3.69. The van der Waals surface area contributed by atoms with Crippen molar-refractivity contribution < 1.29 is 9.46 Å². The molecule has 1 rings (SSSR count). The van der Waals surface area contributed by atoms with Crippen LogP contribution in [0, 0.1) is 0 Å². The molecule has 1 heterocycles. The number of aromatic nitrogens is 2. The normalized spacial score (nSPS) is 14.9. The van der Waals surface area contributed by atoms with Gasteiger partial charge < -0.3 is 14.0 Å². The molecule has 0 bridgehead atoms. The zero-order chi connectivity index (χ0) is 8.48. The summed E-state index contributed by atoms with van der Waals surface area (Å²) in [6, 6.07) is 0. The maximum absolute atomic E-state index is 11.0. The van der Waals surface area contributed by atoms with Gasteiger partial charge in [0.1, 0.15) is 0 Å². The predicted molar refractivity (Wildman–Crippen MR) is 46.8 cm³/mol. The van der Waals surface area contributed by atoms with Crippen LogP contribution in [0.2, 0.25) is 0 Å². The molecule has 1 aromatic heterocycles. The number of aryl methyl sites for hydroxylation is 1. The maximum atomic E-state index is 11.0. The van der Waals surface area contributed by atoms with Crippen LogP contribution in [-0.2, 0) is 11.1 Å². The van der Waals surface area contributed by atoms with Crippen LogP contribution in [0.25, 0.3) is 0 Å². The van der Waals surface area contributed by atoms with Crippen molar-refractivity contribution in [1.29, 1.82) is 0 Å². The first-order valence-corrected chi connectivity index (χ1v) is 5.43. The standard InChI is InChI=1S/C6H11N2O2P.K/c1-3-8-5-4-7-6(8)11(2,9)10;/h4-5H,3H2,1-2H3,(H,9,10);/p-1. The Kier molecular flexibility index (Phi) is 5.49. The van der Waals surface area contributed by atoms with Crippen molar-refractivity contribution in [2.75, 3.05) is 6.66 Å². The molecular formula is C6H10KN2O2P-. The first-order valence-electron chi connectivity index (χ1n) is 3.36. The summed E-state index contributed by atoms with van der Waals surface area (Å²) < 4.78 is 12.6. The minimum atomic E-state index is -3.42. The molecule has 12 heavy (non-hydrogen) atoms. The number of nitrogens with zero attached hydrogens (tertiary/aromatic N) is 2. The Morgan fingerprint density at radius 2 is 2.33 bits per heavy atom. The second-order valence-corrected chi connectivity index (χ2v) is 4.45. The van der Waals surface area contributed by atoms with Gasteiger partial charge in [-0.3, -0.25) is 0 Å². The van der Waals surface area contributed by atoms with Crippen molar-refractivity contribution in [3.05, 3.63) is 12.4 Å². The van der Waals surface area contributed by atoms with Gasteiger partial charge in [-0.05, 0) is 13.6 Å². The van der Waals surface area contributed by atoms with Crippen LogP contribution < -0.4 is 10.5 Å². The van der Waals surface area contributed by atoms with E-state index in [0.717, 1.165) is 0 Å². The van der Waals surface area contributed by atoms with Crippen molar-refractivity contribution in [2.45, 2.75) is 13.5 Å². The van der Waals surface area contributed by atoms with Gasteiger partial charge >= 0.3 is 0 Å². The second kappa shape index (κ2) is 5.05. The maximum Gasteiger partial charge on any atom is 0.154 e. The summed E-state index contributed by atoms with van der Waals surface area (Å²) in [5.74, 6) is 0. The van der Waals surface area contributed by atoms with Gasteiger partial charge in [0.05, 0.1) is 7.37 Å². The number of hydrogen-bond donors (Lipinski definition) is 0. The third kappa shape index (κ3) is 3.07. The Labute approximate surface area is 114 Å². The molecular weight excluding hydrogens is 202 g/mol. The van der Waals surface area contributed by atoms with E-state index in [0.29, 0.717) is 6.54 Å². The van der Waals surface area contributed by atoms with Crippen LogP contribution in [0.4, 0.5) is 0 Å². The van der Waals surface area contributed by atoms with E-state index < -0.39 is 7.37 Å². The average Bonchev–Trinajstić information content (AvgIpc) is 2.31. The van der Waals surface area contributed by atoms with Gasteiger partial charge in [-0.25, -0.2) is 4.98 Å². The van der Waals surface area contributed by atoms with E-state index in [2.05, 4.69) is 4.98 Å². The topological polar surface area (TPSA) is 58.0 Å². The van der Waals surface area contributed by atoms with Gasteiger partial charge in [-0.2, -0.15) is 0 Å². The SMILES string of the molecule is CCn1ccnc1P(C)(=O)[O-].[K]. The molecule has 0 aromatic carbocycles. The summed E-state index contributed by atoms with van der Waals surface area (Å²) in [5, 5.41) is 0. The van der Waals surface area contributed by atoms with E-state index in [9.17, 15) is 9.46 Å². The zero-order valence-electron chi connectivity index (χ0n) is 7.52. The van der Waals surface area contributed by atoms with Crippen molar-refractivity contribution >= 4 is 64.3 Å². The van der Waals surface area contributed by atoms with Gasteiger partial charge in [0.15, 0.2) is 5.57 Å². The molecule has 0 aliphatic heterocycles. The third-order valence-corrected chi connectivity index (χ3v) is 2.50. The fraction of sp³-hybridized carbons (Fsp3) is 0.500. The molecule has 0 amide bonds. The van der Waals surface area contributed by atoms with Gasteiger partial charge in [0.25, 0.3) is 0 Å². The minimum absolute atomic E-state index is 0. The summed E-state index contributed by atoms with van der Waals surface area (Å²) in [7, 11) is -3.42. The molecule has 0 aliphatic carbocycles. The Bertz CT molecular complexity index is 293. The van der Waals surface area contributed by atoms with Crippen LogP contribution in [-0.4, -0.2) is 67.6 Å². The van der Waals surface area contributed by atoms with E-state index in [4.69, 9.17) is 0 Å². The van der Waals surface area contributed by atoms with E-state index in [1.165, 1.54) is 12.9 Å². The molecule has 4 nitrogen and oxygen atoms in total. The summed E-state index contributed by atoms with van der Waals surface area (Å²) in [6.07, 6.45) is 3.15. The molecule has 0 saturated carbocycles. The Morgan fingerprint density at radius 3 is 2.67 bits per heavy atom. The average molecular weight is 212 g/mol. The van der Waals surface area contributed by atoms with Crippen LogP contribution >= 0.6 is 7.37 Å². The molecule has 0 N–H and O–H groups in total. The molecule has 63 valence electrons. The van der Waals surface area contributed by atoms with Crippen LogP contribution in [0.1, 0.15) is 6.92 Å². The zero-order valence-corrected chi connectivity index (χ0v) is 11.5. The Hall–Kier alpha value is 1.04. The number of imidazole rings is 1. The molecule has 1 unspecified atom stereocenters. The van der Waals surface area contributed by atoms with Crippen LogP contribution in [0.5, 0.6) is 0 Å². The Balaban J connectivity index is 0.00000121. The van der Waals surface area contributed by atoms with Crippen molar-refractivity contribution in [3.8, 4) is 0 Å². The molecule has 1 aromatic rings. The molecule has 1 radical (unpaired) electrons. The van der Waals surface area contributed by atoms with Crippen molar-refractivity contribution in [1.82, 2.24) is 9.55 Å².